The number of hydroxylamine groups is 1. The molecule has 140 valence electrons. The Morgan fingerprint density at radius 2 is 1.81 bits per heavy atom. The quantitative estimate of drug-likeness (QED) is 0.876. The molecule has 27 heavy (non-hydrogen) atoms. The number of hydrogen-bond donors (Lipinski definition) is 2. The van der Waals surface area contributed by atoms with Crippen LogP contribution in [0.1, 0.15) is 29.5 Å². The molecule has 2 aromatic carbocycles. The van der Waals surface area contributed by atoms with Crippen molar-refractivity contribution in [2.45, 2.75) is 31.9 Å². The van der Waals surface area contributed by atoms with Crippen molar-refractivity contribution in [1.82, 2.24) is 15.7 Å². The van der Waals surface area contributed by atoms with E-state index in [0.29, 0.717) is 19.6 Å². The minimum atomic E-state index is -0.323. The van der Waals surface area contributed by atoms with Crippen LogP contribution >= 0.6 is 0 Å². The smallest absolute Gasteiger partial charge is 0.317 e. The maximum Gasteiger partial charge on any atom is 0.317 e. The lowest BCUT2D eigenvalue weighted by Gasteiger charge is -2.36. The summed E-state index contributed by atoms with van der Waals surface area (Å²) in [7, 11) is 0. The fraction of sp³-hybridized carbons (Fsp3) is 0.318. The van der Waals surface area contributed by atoms with Crippen LogP contribution in [0.5, 0.6) is 0 Å². The van der Waals surface area contributed by atoms with E-state index in [1.54, 1.807) is 0 Å². The zero-order chi connectivity index (χ0) is 18.7. The Labute approximate surface area is 160 Å². The molecule has 2 N–H and O–H groups in total. The minimum absolute atomic E-state index is 0.0117. The van der Waals surface area contributed by atoms with E-state index in [1.165, 1.54) is 5.56 Å². The summed E-state index contributed by atoms with van der Waals surface area (Å²) in [6, 6.07) is 18.4. The first-order valence-electron chi connectivity index (χ1n) is 9.44. The number of amides is 2. The van der Waals surface area contributed by atoms with Gasteiger partial charge in [-0.15, -0.1) is 0 Å². The molecule has 0 saturated carbocycles. The number of hydrogen-bond acceptors (Lipinski definition) is 3. The maximum absolute atomic E-state index is 12.4. The molecule has 0 radical (unpaired) electrons. The van der Waals surface area contributed by atoms with Crippen LogP contribution in [-0.4, -0.2) is 29.6 Å². The van der Waals surface area contributed by atoms with Crippen LogP contribution in [0.2, 0.25) is 0 Å². The van der Waals surface area contributed by atoms with Crippen LogP contribution in [0.4, 0.5) is 4.79 Å². The van der Waals surface area contributed by atoms with E-state index in [1.807, 2.05) is 35.2 Å². The largest absolute Gasteiger partial charge is 0.334 e. The maximum atomic E-state index is 12.4. The van der Waals surface area contributed by atoms with Gasteiger partial charge in [0, 0.05) is 32.5 Å². The number of nitrogens with zero attached hydrogens (tertiary/aromatic N) is 1. The van der Waals surface area contributed by atoms with Crippen molar-refractivity contribution in [2.24, 2.45) is 0 Å². The summed E-state index contributed by atoms with van der Waals surface area (Å²) >= 11 is 0. The standard InChI is InChI=1S/C22H25N3O2/c1-17-7-9-19(10-8-17)20-15-22(27-24-20)11-13-25(14-12-22)21(26)23-16-18-5-3-2-4-6-18/h2-10,15,24H,11-14,16H2,1H3,(H,23,26). The molecular weight excluding hydrogens is 338 g/mol. The molecule has 2 aliphatic rings. The molecule has 5 heteroatoms. The summed E-state index contributed by atoms with van der Waals surface area (Å²) in [5.74, 6) is 0. The van der Waals surface area contributed by atoms with E-state index in [9.17, 15) is 4.79 Å². The Bertz CT molecular complexity index is 822. The average molecular weight is 363 g/mol. The molecule has 2 aromatic rings. The van der Waals surface area contributed by atoms with Crippen LogP contribution in [0.15, 0.2) is 60.7 Å². The number of piperidine rings is 1. The zero-order valence-electron chi connectivity index (χ0n) is 15.6. The van der Waals surface area contributed by atoms with Crippen molar-refractivity contribution in [3.8, 4) is 0 Å². The van der Waals surface area contributed by atoms with Gasteiger partial charge in [-0.1, -0.05) is 60.2 Å². The highest BCUT2D eigenvalue weighted by Crippen LogP contribution is 2.34. The SMILES string of the molecule is Cc1ccc(C2=CC3(CCN(C(=O)NCc4ccccc4)CC3)ON2)cc1. The Kier molecular flexibility index (Phi) is 4.86. The van der Waals surface area contributed by atoms with E-state index >= 15 is 0 Å². The number of likely N-dealkylation sites (tertiary alicyclic amines) is 1. The van der Waals surface area contributed by atoms with Crippen molar-refractivity contribution in [3.05, 3.63) is 77.4 Å². The molecule has 1 fully saturated rings. The van der Waals surface area contributed by atoms with Gasteiger partial charge >= 0.3 is 6.03 Å². The minimum Gasteiger partial charge on any atom is -0.334 e. The Hall–Kier alpha value is -2.79. The van der Waals surface area contributed by atoms with Crippen molar-refractivity contribution in [1.29, 1.82) is 0 Å². The van der Waals surface area contributed by atoms with E-state index in [-0.39, 0.29) is 11.6 Å². The van der Waals surface area contributed by atoms with E-state index in [0.717, 1.165) is 29.7 Å². The number of benzene rings is 2. The predicted molar refractivity (Wildman–Crippen MR) is 106 cm³/mol. The molecule has 0 atom stereocenters. The van der Waals surface area contributed by atoms with Crippen LogP contribution in [0.25, 0.3) is 5.70 Å². The number of rotatable bonds is 3. The molecule has 4 rings (SSSR count). The third kappa shape index (κ3) is 3.98. The van der Waals surface area contributed by atoms with Crippen LogP contribution in [0.3, 0.4) is 0 Å². The third-order valence-corrected chi connectivity index (χ3v) is 5.32. The van der Waals surface area contributed by atoms with Crippen molar-refractivity contribution in [3.63, 3.8) is 0 Å². The van der Waals surface area contributed by atoms with Gasteiger partial charge in [-0.25, -0.2) is 4.79 Å². The lowest BCUT2D eigenvalue weighted by Crippen LogP contribution is -2.49. The summed E-state index contributed by atoms with van der Waals surface area (Å²) in [5, 5.41) is 3.00. The highest BCUT2D eigenvalue weighted by molar-refractivity contribution is 5.74. The number of aryl methyl sites for hydroxylation is 1. The summed E-state index contributed by atoms with van der Waals surface area (Å²) < 4.78 is 0. The van der Waals surface area contributed by atoms with Crippen LogP contribution < -0.4 is 10.8 Å². The summed E-state index contributed by atoms with van der Waals surface area (Å²) in [6.07, 6.45) is 3.75. The van der Waals surface area contributed by atoms with Gasteiger partial charge in [0.25, 0.3) is 0 Å². The molecule has 5 nitrogen and oxygen atoms in total. The third-order valence-electron chi connectivity index (χ3n) is 5.32. The van der Waals surface area contributed by atoms with Crippen LogP contribution in [-0.2, 0) is 11.4 Å². The summed E-state index contributed by atoms with van der Waals surface area (Å²) in [4.78, 5) is 20.2. The fourth-order valence-corrected chi connectivity index (χ4v) is 3.57. The van der Waals surface area contributed by atoms with Gasteiger partial charge < -0.3 is 10.2 Å². The topological polar surface area (TPSA) is 53.6 Å². The fourth-order valence-electron chi connectivity index (χ4n) is 3.57. The van der Waals surface area contributed by atoms with Gasteiger partial charge in [-0.05, 0) is 24.1 Å². The van der Waals surface area contributed by atoms with Gasteiger partial charge in [-0.3, -0.25) is 10.3 Å². The molecule has 2 amide bonds. The first-order valence-corrected chi connectivity index (χ1v) is 9.44. The number of carbonyl (C=O) groups excluding carboxylic acids is 1. The summed E-state index contributed by atoms with van der Waals surface area (Å²) in [5.41, 5.74) is 7.24. The number of urea groups is 1. The molecule has 1 saturated heterocycles. The van der Waals surface area contributed by atoms with E-state index < -0.39 is 0 Å². The van der Waals surface area contributed by atoms with Gasteiger partial charge in [0.05, 0.1) is 5.70 Å². The van der Waals surface area contributed by atoms with Gasteiger partial charge in [0.15, 0.2) is 0 Å². The van der Waals surface area contributed by atoms with E-state index in [4.69, 9.17) is 4.84 Å². The van der Waals surface area contributed by atoms with Crippen molar-refractivity contribution >= 4 is 11.7 Å². The van der Waals surface area contributed by atoms with Gasteiger partial charge in [0.2, 0.25) is 0 Å². The van der Waals surface area contributed by atoms with Crippen molar-refractivity contribution in [2.75, 3.05) is 13.1 Å². The molecule has 0 aromatic heterocycles. The Morgan fingerprint density at radius 1 is 1.11 bits per heavy atom. The normalized spacial score (nSPS) is 18.1. The molecule has 0 bridgehead atoms. The summed E-state index contributed by atoms with van der Waals surface area (Å²) in [6.45, 7) is 3.99. The Morgan fingerprint density at radius 3 is 2.52 bits per heavy atom. The highest BCUT2D eigenvalue weighted by atomic mass is 16.7. The monoisotopic (exact) mass is 363 g/mol. The molecular formula is C22H25N3O2. The average Bonchev–Trinajstić information content (AvgIpc) is 3.11. The predicted octanol–water partition coefficient (Wildman–Crippen LogP) is 3.62. The highest BCUT2D eigenvalue weighted by Gasteiger charge is 2.39. The second-order valence-electron chi connectivity index (χ2n) is 7.32. The van der Waals surface area contributed by atoms with Gasteiger partial charge in [-0.2, -0.15) is 0 Å². The first kappa shape index (κ1) is 17.6. The lowest BCUT2D eigenvalue weighted by molar-refractivity contribution is -0.0639. The molecule has 0 aliphatic carbocycles. The van der Waals surface area contributed by atoms with Gasteiger partial charge in [0.1, 0.15) is 5.60 Å². The molecule has 2 heterocycles. The first-order chi connectivity index (χ1) is 13.1. The lowest BCUT2D eigenvalue weighted by atomic mass is 9.90. The molecule has 1 spiro atoms. The zero-order valence-corrected chi connectivity index (χ0v) is 15.6. The van der Waals surface area contributed by atoms with Crippen molar-refractivity contribution < 1.29 is 9.63 Å². The Balaban J connectivity index is 1.33. The number of nitrogens with one attached hydrogen (secondary N) is 2. The number of carbonyl (C=O) groups is 1. The second kappa shape index (κ2) is 7.45. The molecule has 0 unspecified atom stereocenters. The second-order valence-corrected chi connectivity index (χ2v) is 7.32. The van der Waals surface area contributed by atoms with E-state index in [2.05, 4.69) is 48.1 Å². The van der Waals surface area contributed by atoms with Crippen LogP contribution in [0, 0.1) is 6.92 Å². The molecule has 2 aliphatic heterocycles.